The summed E-state index contributed by atoms with van der Waals surface area (Å²) in [5.41, 5.74) is 1.91. The number of nitrogens with one attached hydrogen (secondary N) is 1. The lowest BCUT2D eigenvalue weighted by atomic mass is 10.1. The number of carboxylic acid groups (broad SMARTS) is 2. The maximum atomic E-state index is 13.6. The van der Waals surface area contributed by atoms with Gasteiger partial charge in [-0.2, -0.15) is 4.98 Å². The van der Waals surface area contributed by atoms with Crippen LogP contribution in [0.15, 0.2) is 66.7 Å². The molecule has 5 rings (SSSR count). The molecule has 2 fully saturated rings. The minimum absolute atomic E-state index is 0.0193. The Morgan fingerprint density at radius 2 is 1.48 bits per heavy atom. The lowest BCUT2D eigenvalue weighted by molar-refractivity contribution is -0.138. The molecule has 0 radical (unpaired) electrons. The molecule has 3 heterocycles. The van der Waals surface area contributed by atoms with Crippen molar-refractivity contribution in [3.8, 4) is 17.3 Å². The van der Waals surface area contributed by atoms with Crippen molar-refractivity contribution in [2.45, 2.75) is 44.4 Å². The smallest absolute Gasteiger partial charge is 0.407 e. The molecule has 2 aliphatic heterocycles. The van der Waals surface area contributed by atoms with E-state index in [-0.39, 0.29) is 62.5 Å². The van der Waals surface area contributed by atoms with Gasteiger partial charge in [0.25, 0.3) is 5.91 Å². The molecular weight excluding hydrogens is 592 g/mol. The number of ether oxygens (including phenoxy) is 1. The molecule has 13 heteroatoms. The first kappa shape index (κ1) is 32.4. The van der Waals surface area contributed by atoms with Crippen LogP contribution in [-0.2, 0) is 16.1 Å². The summed E-state index contributed by atoms with van der Waals surface area (Å²) in [6.45, 7) is 3.07. The van der Waals surface area contributed by atoms with E-state index >= 15 is 0 Å². The number of carboxylic acids is 1. The fourth-order valence-corrected chi connectivity index (χ4v) is 5.61. The van der Waals surface area contributed by atoms with Gasteiger partial charge in [0.05, 0.1) is 0 Å². The Morgan fingerprint density at radius 1 is 0.848 bits per heavy atom. The van der Waals surface area contributed by atoms with E-state index in [2.05, 4.69) is 32.3 Å². The number of aliphatic carboxylic acids is 1. The lowest BCUT2D eigenvalue weighted by Gasteiger charge is -2.35. The molecule has 0 unspecified atom stereocenters. The largest absolute Gasteiger partial charge is 0.481 e. The summed E-state index contributed by atoms with van der Waals surface area (Å²) < 4.78 is 6.30. The zero-order valence-electron chi connectivity index (χ0n) is 25.5. The molecule has 46 heavy (non-hydrogen) atoms. The molecule has 2 aliphatic rings. The van der Waals surface area contributed by atoms with Crippen molar-refractivity contribution in [2.75, 3.05) is 39.3 Å². The molecule has 3 N–H and O–H groups in total. The van der Waals surface area contributed by atoms with Crippen LogP contribution in [0.3, 0.4) is 0 Å². The van der Waals surface area contributed by atoms with Crippen molar-refractivity contribution in [3.63, 3.8) is 0 Å². The van der Waals surface area contributed by atoms with Crippen LogP contribution in [0.25, 0.3) is 11.4 Å². The second kappa shape index (κ2) is 15.3. The Morgan fingerprint density at radius 3 is 2.11 bits per heavy atom. The minimum atomic E-state index is -1.14. The zero-order valence-corrected chi connectivity index (χ0v) is 25.5. The van der Waals surface area contributed by atoms with Gasteiger partial charge in [0, 0.05) is 63.9 Å². The van der Waals surface area contributed by atoms with E-state index in [4.69, 9.17) is 4.74 Å². The number of piperidine rings is 1. The van der Waals surface area contributed by atoms with Crippen LogP contribution in [0.5, 0.6) is 5.88 Å². The van der Waals surface area contributed by atoms with Gasteiger partial charge in [-0.1, -0.05) is 60.7 Å². The predicted molar refractivity (Wildman–Crippen MR) is 167 cm³/mol. The summed E-state index contributed by atoms with van der Waals surface area (Å²) >= 11 is 0. The number of hydrogen-bond donors (Lipinski definition) is 3. The van der Waals surface area contributed by atoms with Crippen molar-refractivity contribution >= 4 is 23.9 Å². The lowest BCUT2D eigenvalue weighted by Crippen LogP contribution is -2.55. The molecule has 0 spiro atoms. The molecule has 0 aliphatic carbocycles. The molecule has 2 aromatic carbocycles. The molecule has 3 aromatic rings. The highest BCUT2D eigenvalue weighted by atomic mass is 16.5. The number of aromatic nitrogens is 2. The minimum Gasteiger partial charge on any atom is -0.481 e. The molecule has 0 saturated carbocycles. The number of hydrogen-bond acceptors (Lipinski definition) is 8. The summed E-state index contributed by atoms with van der Waals surface area (Å²) in [6.07, 6.45) is -0.116. The summed E-state index contributed by atoms with van der Waals surface area (Å²) in [5, 5.41) is 21.2. The van der Waals surface area contributed by atoms with E-state index in [0.717, 1.165) is 32.5 Å². The highest BCUT2D eigenvalue weighted by Gasteiger charge is 2.31. The van der Waals surface area contributed by atoms with Gasteiger partial charge < -0.3 is 30.1 Å². The maximum Gasteiger partial charge on any atom is 0.407 e. The average molecular weight is 631 g/mol. The topological polar surface area (TPSA) is 165 Å². The van der Waals surface area contributed by atoms with Gasteiger partial charge >= 0.3 is 12.1 Å². The van der Waals surface area contributed by atoms with Crippen LogP contribution in [0.2, 0.25) is 0 Å². The zero-order chi connectivity index (χ0) is 32.5. The van der Waals surface area contributed by atoms with Gasteiger partial charge in [-0.05, 0) is 24.8 Å². The number of nitrogens with zero attached hydrogens (tertiary/aromatic N) is 5. The van der Waals surface area contributed by atoms with Crippen molar-refractivity contribution < 1.29 is 34.1 Å². The third kappa shape index (κ3) is 8.78. The number of carbonyl (C=O) groups excluding carboxylic acids is 2. The summed E-state index contributed by atoms with van der Waals surface area (Å²) in [6, 6.07) is 19.8. The second-order valence-electron chi connectivity index (χ2n) is 11.4. The van der Waals surface area contributed by atoms with Gasteiger partial charge in [-0.3, -0.25) is 19.3 Å². The maximum absolute atomic E-state index is 13.6. The fraction of sp³-hybridized carbons (Fsp3) is 0.394. The SMILES string of the molecule is O=C(O)CC[C@H](NC(=O)c1cc(OC2CCN(Cc3ccccc3)CC2)nc(-c2ccccc2)n1)C(=O)N1CCN(C(=O)O)CC1. The number of carbonyl (C=O) groups is 4. The van der Waals surface area contributed by atoms with E-state index in [9.17, 15) is 29.4 Å². The summed E-state index contributed by atoms with van der Waals surface area (Å²) in [5.74, 6) is -1.74. The Kier molecular flexibility index (Phi) is 10.8. The Bertz CT molecular complexity index is 1510. The standard InChI is InChI=1S/C33H38N6O7/c40-29(41)12-11-26(32(43)38-17-19-39(20-18-38)33(44)45)35-31(42)27-21-28(36-30(34-27)24-9-5-2-6-10-24)46-25-13-15-37(16-14-25)22-23-7-3-1-4-8-23/h1-10,21,25-26H,11-20,22H2,(H,35,42)(H,40,41)(H,44,45)/t26-/m0/s1. The van der Waals surface area contributed by atoms with Crippen LogP contribution < -0.4 is 10.1 Å². The van der Waals surface area contributed by atoms with E-state index in [1.807, 2.05) is 48.5 Å². The number of rotatable bonds is 11. The van der Waals surface area contributed by atoms with E-state index < -0.39 is 29.9 Å². The first-order valence-electron chi connectivity index (χ1n) is 15.4. The van der Waals surface area contributed by atoms with E-state index in [1.165, 1.54) is 21.4 Å². The van der Waals surface area contributed by atoms with Crippen molar-refractivity contribution in [2.24, 2.45) is 0 Å². The van der Waals surface area contributed by atoms with Gasteiger partial charge in [-0.25, -0.2) is 9.78 Å². The first-order valence-corrected chi connectivity index (χ1v) is 15.4. The van der Waals surface area contributed by atoms with Crippen molar-refractivity contribution in [3.05, 3.63) is 78.0 Å². The Hall–Kier alpha value is -5.04. The molecule has 0 bridgehead atoms. The normalized spacial score (nSPS) is 16.4. The van der Waals surface area contributed by atoms with E-state index in [0.29, 0.717) is 5.56 Å². The van der Waals surface area contributed by atoms with Gasteiger partial charge in [0.1, 0.15) is 17.8 Å². The van der Waals surface area contributed by atoms with Crippen molar-refractivity contribution in [1.29, 1.82) is 0 Å². The molecule has 1 atom stereocenters. The average Bonchev–Trinajstić information content (AvgIpc) is 3.08. The predicted octanol–water partition coefficient (Wildman–Crippen LogP) is 2.97. The van der Waals surface area contributed by atoms with Gasteiger partial charge in [0.2, 0.25) is 11.8 Å². The van der Waals surface area contributed by atoms with E-state index in [1.54, 1.807) is 0 Å². The number of benzene rings is 2. The third-order valence-electron chi connectivity index (χ3n) is 8.15. The monoisotopic (exact) mass is 630 g/mol. The van der Waals surface area contributed by atoms with Gasteiger partial charge in [0.15, 0.2) is 5.82 Å². The number of amides is 3. The number of likely N-dealkylation sites (tertiary alicyclic amines) is 1. The van der Waals surface area contributed by atoms with Crippen LogP contribution in [0.4, 0.5) is 4.79 Å². The summed E-state index contributed by atoms with van der Waals surface area (Å²) in [4.78, 5) is 63.8. The van der Waals surface area contributed by atoms with Crippen LogP contribution in [-0.4, -0.2) is 110 Å². The van der Waals surface area contributed by atoms with Crippen LogP contribution in [0.1, 0.15) is 41.7 Å². The fourth-order valence-electron chi connectivity index (χ4n) is 5.61. The van der Waals surface area contributed by atoms with Crippen LogP contribution in [0, 0.1) is 0 Å². The number of piperazine rings is 1. The highest BCUT2D eigenvalue weighted by Crippen LogP contribution is 2.23. The third-order valence-corrected chi connectivity index (χ3v) is 8.15. The second-order valence-corrected chi connectivity index (χ2v) is 11.4. The molecule has 13 nitrogen and oxygen atoms in total. The van der Waals surface area contributed by atoms with Crippen molar-refractivity contribution in [1.82, 2.24) is 30.0 Å². The highest BCUT2D eigenvalue weighted by molar-refractivity contribution is 5.96. The molecular formula is C33H38N6O7. The Balaban J connectivity index is 1.30. The van der Waals surface area contributed by atoms with Crippen LogP contribution >= 0.6 is 0 Å². The molecule has 242 valence electrons. The molecule has 1 aromatic heterocycles. The quantitative estimate of drug-likeness (QED) is 0.287. The first-order chi connectivity index (χ1) is 22.2. The molecule has 2 saturated heterocycles. The molecule has 3 amide bonds. The Labute approximate surface area is 266 Å². The van der Waals surface area contributed by atoms with Gasteiger partial charge in [-0.15, -0.1) is 0 Å². The summed E-state index contributed by atoms with van der Waals surface area (Å²) in [7, 11) is 0.